The van der Waals surface area contributed by atoms with E-state index in [2.05, 4.69) is 218 Å². The van der Waals surface area contributed by atoms with Crippen molar-refractivity contribution in [1.29, 1.82) is 0 Å². The van der Waals surface area contributed by atoms with E-state index < -0.39 is 0 Å². The summed E-state index contributed by atoms with van der Waals surface area (Å²) in [5.41, 5.74) is 20.5. The maximum atomic E-state index is 7.21. The summed E-state index contributed by atoms with van der Waals surface area (Å²) < 4.78 is 16.7. The maximum absolute atomic E-state index is 7.21. The smallest absolute Gasteiger partial charge is 0.333 e. The molecule has 0 atom stereocenters. The Morgan fingerprint density at radius 1 is 0.557 bits per heavy atom. The average molecular weight is 895 g/mol. The summed E-state index contributed by atoms with van der Waals surface area (Å²) in [6.07, 6.45) is 8.99. The molecule has 2 aromatic heterocycles. The molecule has 3 aliphatic heterocycles. The number of aromatic nitrogens is 1. The van der Waals surface area contributed by atoms with Crippen LogP contribution in [0.4, 0.5) is 17.1 Å². The average Bonchev–Trinajstić information content (AvgIpc) is 3.98. The van der Waals surface area contributed by atoms with Gasteiger partial charge in [0.05, 0.1) is 0 Å². The third-order valence-corrected chi connectivity index (χ3v) is 15.5. The molecular formula is C65H43BN2O2. The molecule has 10 aromatic carbocycles. The Labute approximate surface area is 405 Å². The van der Waals surface area contributed by atoms with Crippen LogP contribution in [0.1, 0.15) is 16.7 Å². The highest BCUT2D eigenvalue weighted by Gasteiger charge is 2.45. The topological polar surface area (TPSA) is 30.5 Å². The molecule has 0 amide bonds. The number of fused-ring (bicyclic) bond motifs is 15. The Morgan fingerprint density at radius 3 is 1.91 bits per heavy atom. The molecule has 0 aliphatic carbocycles. The monoisotopic (exact) mass is 894 g/mol. The lowest BCUT2D eigenvalue weighted by Crippen LogP contribution is -2.56. The number of ether oxygens (including phenoxy) is 1. The van der Waals surface area contributed by atoms with Crippen molar-refractivity contribution in [3.05, 3.63) is 229 Å². The molecule has 328 valence electrons. The van der Waals surface area contributed by atoms with E-state index in [1.165, 1.54) is 54.7 Å². The van der Waals surface area contributed by atoms with E-state index in [9.17, 15) is 0 Å². The first-order valence-corrected chi connectivity index (χ1v) is 24.3. The minimum atomic E-state index is -0.234. The number of hydrogen-bond acceptors (Lipinski definition) is 3. The molecule has 0 saturated carbocycles. The quantitative estimate of drug-likeness (QED) is 0.131. The summed E-state index contributed by atoms with van der Waals surface area (Å²) in [4.78, 5) is 2.58. The van der Waals surface area contributed by atoms with Gasteiger partial charge >= 0.3 is 6.85 Å². The van der Waals surface area contributed by atoms with Gasteiger partial charge < -0.3 is 18.5 Å². The molecule has 5 heteroatoms. The lowest BCUT2D eigenvalue weighted by molar-refractivity contribution is 0.448. The highest BCUT2D eigenvalue weighted by molar-refractivity contribution is 6.90. The van der Waals surface area contributed by atoms with Crippen LogP contribution in [0.25, 0.3) is 98.7 Å². The number of anilines is 3. The summed E-state index contributed by atoms with van der Waals surface area (Å²) in [6.45, 7) is 8.74. The van der Waals surface area contributed by atoms with Gasteiger partial charge in [0, 0.05) is 60.8 Å². The Bertz CT molecular complexity index is 4290. The summed E-state index contributed by atoms with van der Waals surface area (Å²) in [5.74, 6) is 1.46. The lowest BCUT2D eigenvalue weighted by Gasteiger charge is -2.41. The molecule has 0 N–H and O–H groups in total. The second-order valence-electron chi connectivity index (χ2n) is 19.2. The van der Waals surface area contributed by atoms with Crippen molar-refractivity contribution in [2.45, 2.75) is 20.3 Å². The van der Waals surface area contributed by atoms with Gasteiger partial charge in [0.1, 0.15) is 22.7 Å². The highest BCUT2D eigenvalue weighted by atomic mass is 16.5. The molecule has 4 nitrogen and oxygen atoms in total. The van der Waals surface area contributed by atoms with Gasteiger partial charge in [-0.15, -0.1) is 0 Å². The highest BCUT2D eigenvalue weighted by Crippen LogP contribution is 2.53. The van der Waals surface area contributed by atoms with E-state index in [0.29, 0.717) is 12.2 Å². The minimum absolute atomic E-state index is 0.234. The van der Waals surface area contributed by atoms with Crippen LogP contribution in [0, 0.1) is 13.8 Å². The fourth-order valence-corrected chi connectivity index (χ4v) is 12.4. The minimum Gasteiger partial charge on any atom is -0.457 e. The number of furan rings is 1. The number of aryl methyl sites for hydroxylation is 2. The number of allylic oxidation sites excluding steroid dienone is 4. The first-order chi connectivity index (χ1) is 34.5. The Morgan fingerprint density at radius 2 is 1.19 bits per heavy atom. The van der Waals surface area contributed by atoms with Crippen LogP contribution < -0.4 is 20.6 Å². The van der Waals surface area contributed by atoms with Crippen LogP contribution in [-0.2, 0) is 6.42 Å². The van der Waals surface area contributed by atoms with Gasteiger partial charge in [0.25, 0.3) is 0 Å². The zero-order valence-corrected chi connectivity index (χ0v) is 38.8. The van der Waals surface area contributed by atoms with Crippen LogP contribution in [-0.4, -0.2) is 11.3 Å². The van der Waals surface area contributed by atoms with Crippen molar-refractivity contribution in [1.82, 2.24) is 4.48 Å². The van der Waals surface area contributed by atoms with E-state index >= 15 is 0 Å². The fourth-order valence-electron chi connectivity index (χ4n) is 12.4. The van der Waals surface area contributed by atoms with E-state index in [1.54, 1.807) is 0 Å². The lowest BCUT2D eigenvalue weighted by atomic mass is 9.44. The second-order valence-corrected chi connectivity index (χ2v) is 19.2. The summed E-state index contributed by atoms with van der Waals surface area (Å²) in [6, 6.07) is 65.0. The van der Waals surface area contributed by atoms with E-state index in [0.717, 1.165) is 94.4 Å². The van der Waals surface area contributed by atoms with Crippen LogP contribution >= 0.6 is 0 Å². The van der Waals surface area contributed by atoms with Crippen LogP contribution in [0.2, 0.25) is 0 Å². The van der Waals surface area contributed by atoms with Crippen molar-refractivity contribution in [3.8, 4) is 39.1 Å². The number of benzene rings is 10. The number of rotatable bonds is 3. The van der Waals surface area contributed by atoms with Crippen molar-refractivity contribution >= 4 is 100 Å². The number of nitrogens with zero attached hydrogens (tertiary/aromatic N) is 2. The van der Waals surface area contributed by atoms with Crippen LogP contribution in [0.5, 0.6) is 5.75 Å². The zero-order chi connectivity index (χ0) is 46.4. The Hall–Kier alpha value is -8.80. The van der Waals surface area contributed by atoms with E-state index in [1.807, 2.05) is 12.2 Å². The van der Waals surface area contributed by atoms with Gasteiger partial charge in [0.2, 0.25) is 0 Å². The third kappa shape index (κ3) is 5.43. The zero-order valence-electron chi connectivity index (χ0n) is 38.8. The van der Waals surface area contributed by atoms with E-state index in [-0.39, 0.29) is 6.85 Å². The molecular weight excluding hydrogens is 852 g/mol. The SMILES string of the molecule is C=C1/C=C\C=C/Cc2cc3c4c(c2O1)c1ccccc1n4B1c2cc4c(C)c5ccccc5c(C)c4cc2N(c2cc(-c4ccccc4)cc(-c4ccccc4)c2)c2cc4c(oc5ccccc54)c-3c21. The Kier molecular flexibility index (Phi) is 8.18. The summed E-state index contributed by atoms with van der Waals surface area (Å²) in [5, 5.41) is 9.51. The maximum Gasteiger partial charge on any atom is 0.333 e. The molecule has 0 saturated heterocycles. The standard InChI is InChI=1S/C65H43BN2O2/c1-38-19-7-4-12-24-43-34-54-60-62-58(37-53-49-27-16-18-30-59(49)70-65(53)60)67(46-32-44(41-20-8-5-9-21-41)31-45(33-46)42-22-10-6-11-23-42)57-36-52-40(3)48-26-14-13-25-47(48)39(2)51(52)35-55(57)66(62)68-56-29-17-15-28-50(56)61(63(54)68)64(43)69-38/h4-23,25-37H,1,24H2,2-3H3/b12-4-,19-7-. The predicted molar refractivity (Wildman–Crippen MR) is 294 cm³/mol. The second kappa shape index (κ2) is 14.6. The van der Waals surface area contributed by atoms with Gasteiger partial charge in [-0.2, -0.15) is 0 Å². The first-order valence-electron chi connectivity index (χ1n) is 24.3. The van der Waals surface area contributed by atoms with Gasteiger partial charge in [-0.05, 0) is 146 Å². The molecule has 0 bridgehead atoms. The number of para-hydroxylation sites is 2. The first kappa shape index (κ1) is 39.2. The van der Waals surface area contributed by atoms with E-state index in [4.69, 9.17) is 9.15 Å². The largest absolute Gasteiger partial charge is 0.457 e. The molecule has 0 spiro atoms. The van der Waals surface area contributed by atoms with Gasteiger partial charge in [-0.3, -0.25) is 0 Å². The van der Waals surface area contributed by atoms with Crippen molar-refractivity contribution in [2.24, 2.45) is 0 Å². The normalized spacial score (nSPS) is 14.7. The van der Waals surface area contributed by atoms with Gasteiger partial charge in [0.15, 0.2) is 0 Å². The summed E-state index contributed by atoms with van der Waals surface area (Å²) >= 11 is 0. The molecule has 5 heterocycles. The van der Waals surface area contributed by atoms with Crippen molar-refractivity contribution in [3.63, 3.8) is 0 Å². The van der Waals surface area contributed by atoms with Crippen molar-refractivity contribution < 1.29 is 9.15 Å². The Balaban J connectivity index is 1.16. The van der Waals surface area contributed by atoms with Crippen LogP contribution in [0.15, 0.2) is 217 Å². The molecule has 12 aromatic rings. The van der Waals surface area contributed by atoms with Crippen molar-refractivity contribution in [2.75, 3.05) is 4.90 Å². The molecule has 0 unspecified atom stereocenters. The van der Waals surface area contributed by atoms with Gasteiger partial charge in [-0.25, -0.2) is 0 Å². The third-order valence-electron chi connectivity index (χ3n) is 15.5. The molecule has 3 aliphatic rings. The molecule has 0 fully saturated rings. The predicted octanol–water partition coefficient (Wildman–Crippen LogP) is 15.9. The number of hydrogen-bond donors (Lipinski definition) is 0. The molecule has 15 rings (SSSR count). The van der Waals surface area contributed by atoms with Gasteiger partial charge in [-0.1, -0.05) is 152 Å². The molecule has 0 radical (unpaired) electrons. The fraction of sp³-hybridized carbons (Fsp3) is 0.0462. The summed E-state index contributed by atoms with van der Waals surface area (Å²) in [7, 11) is 0. The molecule has 70 heavy (non-hydrogen) atoms. The van der Waals surface area contributed by atoms with Crippen LogP contribution in [0.3, 0.4) is 0 Å².